The predicted octanol–water partition coefficient (Wildman–Crippen LogP) is 6.11. The number of alkyl halides is 3. The number of carbonyl (C=O) groups is 1. The molecule has 1 unspecified atom stereocenters. The van der Waals surface area contributed by atoms with E-state index in [2.05, 4.69) is 13.0 Å². The van der Waals surface area contributed by atoms with Crippen LogP contribution in [0.2, 0.25) is 0 Å². The number of hydrogen-bond donors (Lipinski definition) is 2. The Bertz CT molecular complexity index is 1210. The second kappa shape index (κ2) is 11.5. The zero-order valence-corrected chi connectivity index (χ0v) is 20.1. The zero-order chi connectivity index (χ0) is 26.5. The standard InChI is InChI=1S/C21H17F3N2O2.C5H11N.CH2O/c22-21(23,24)12-28-16-8-9-17-18(11-25)20(13-4-6-15(27)7-5-13)26(19(17)10-16)14-2-1-3-14;1-4(6)5-2-3-5;1-2/h4-10,14,27H,1-3,12H2;4-5H,2-3,6H2,1H3;1H2. The first-order chi connectivity index (χ1) is 17.2. The molecule has 0 amide bonds. The first kappa shape index (κ1) is 27.1. The molecule has 2 aromatic carbocycles. The van der Waals surface area contributed by atoms with Crippen molar-refractivity contribution < 1.29 is 27.8 Å². The van der Waals surface area contributed by atoms with Crippen molar-refractivity contribution in [1.29, 1.82) is 5.26 Å². The molecule has 0 bridgehead atoms. The minimum absolute atomic E-state index is 0.115. The minimum atomic E-state index is -4.42. The molecule has 36 heavy (non-hydrogen) atoms. The Labute approximate surface area is 208 Å². The Morgan fingerprint density at radius 2 is 1.81 bits per heavy atom. The van der Waals surface area contributed by atoms with E-state index in [1.54, 1.807) is 36.4 Å². The van der Waals surface area contributed by atoms with Crippen LogP contribution in [0.5, 0.6) is 11.5 Å². The Hall–Kier alpha value is -3.51. The van der Waals surface area contributed by atoms with Crippen LogP contribution in [-0.2, 0) is 4.79 Å². The minimum Gasteiger partial charge on any atom is -0.508 e. The molecule has 0 radical (unpaired) electrons. The van der Waals surface area contributed by atoms with Gasteiger partial charge in [-0.15, -0.1) is 0 Å². The number of nitrogens with zero attached hydrogens (tertiary/aromatic N) is 2. The van der Waals surface area contributed by atoms with E-state index in [1.165, 1.54) is 18.9 Å². The number of nitriles is 1. The maximum Gasteiger partial charge on any atom is 0.422 e. The lowest BCUT2D eigenvalue weighted by Gasteiger charge is -2.30. The lowest BCUT2D eigenvalue weighted by Crippen LogP contribution is -2.19. The molecule has 2 fully saturated rings. The molecule has 2 aliphatic carbocycles. The number of carbonyl (C=O) groups excluding carboxylic acids is 1. The molecule has 2 saturated carbocycles. The van der Waals surface area contributed by atoms with Crippen molar-refractivity contribution in [2.75, 3.05) is 6.61 Å². The molecule has 5 rings (SSSR count). The van der Waals surface area contributed by atoms with E-state index in [9.17, 15) is 23.5 Å². The van der Waals surface area contributed by atoms with Crippen molar-refractivity contribution in [3.8, 4) is 28.8 Å². The van der Waals surface area contributed by atoms with Crippen LogP contribution in [0.4, 0.5) is 13.2 Å². The summed E-state index contributed by atoms with van der Waals surface area (Å²) in [4.78, 5) is 8.00. The van der Waals surface area contributed by atoms with Crippen molar-refractivity contribution >= 4 is 17.7 Å². The van der Waals surface area contributed by atoms with Gasteiger partial charge in [0.1, 0.15) is 24.4 Å². The highest BCUT2D eigenvalue weighted by Crippen LogP contribution is 2.43. The summed E-state index contributed by atoms with van der Waals surface area (Å²) in [7, 11) is 0. The van der Waals surface area contributed by atoms with Crippen LogP contribution in [-0.4, -0.2) is 35.3 Å². The third kappa shape index (κ3) is 6.38. The van der Waals surface area contributed by atoms with Crippen molar-refractivity contribution in [1.82, 2.24) is 4.57 Å². The lowest BCUT2D eigenvalue weighted by atomic mass is 9.92. The Kier molecular flexibility index (Phi) is 8.64. The first-order valence-corrected chi connectivity index (χ1v) is 11.8. The van der Waals surface area contributed by atoms with Crippen molar-refractivity contribution in [2.24, 2.45) is 11.7 Å². The number of phenolic OH excluding ortho intramolecular Hbond substituents is 1. The monoisotopic (exact) mass is 501 g/mol. The van der Waals surface area contributed by atoms with Crippen LogP contribution < -0.4 is 10.5 Å². The van der Waals surface area contributed by atoms with Gasteiger partial charge in [-0.05, 0) is 86.9 Å². The fourth-order valence-electron chi connectivity index (χ4n) is 4.21. The molecule has 6 nitrogen and oxygen atoms in total. The van der Waals surface area contributed by atoms with Crippen LogP contribution in [0.25, 0.3) is 22.2 Å². The number of aromatic hydroxyl groups is 1. The maximum atomic E-state index is 12.5. The fourth-order valence-corrected chi connectivity index (χ4v) is 4.21. The SMILES string of the molecule is C=O.CC(N)C1CC1.N#Cc1c(-c2ccc(O)cc2)n(C2CCC2)c2cc(OCC(F)(F)F)ccc12. The maximum absolute atomic E-state index is 12.5. The number of fused-ring (bicyclic) bond motifs is 1. The second-order valence-corrected chi connectivity index (χ2v) is 9.12. The highest BCUT2D eigenvalue weighted by molar-refractivity contribution is 5.95. The molecular formula is C27H30F3N3O3. The third-order valence-corrected chi connectivity index (χ3v) is 6.44. The van der Waals surface area contributed by atoms with E-state index < -0.39 is 12.8 Å². The second-order valence-electron chi connectivity index (χ2n) is 9.12. The quantitative estimate of drug-likeness (QED) is 0.439. The average Bonchev–Trinajstić information content (AvgIpc) is 3.63. The van der Waals surface area contributed by atoms with Gasteiger partial charge in [0.05, 0.1) is 16.8 Å². The van der Waals surface area contributed by atoms with Crippen LogP contribution in [0.15, 0.2) is 42.5 Å². The fraction of sp³-hybridized carbons (Fsp3) is 0.407. The summed E-state index contributed by atoms with van der Waals surface area (Å²) in [6.45, 7) is 2.72. The van der Waals surface area contributed by atoms with Gasteiger partial charge in [0.25, 0.3) is 0 Å². The summed E-state index contributed by atoms with van der Waals surface area (Å²) in [5.74, 6) is 1.12. The molecule has 9 heteroatoms. The molecule has 192 valence electrons. The van der Waals surface area contributed by atoms with Crippen LogP contribution >= 0.6 is 0 Å². The highest BCUT2D eigenvalue weighted by Gasteiger charge is 2.30. The molecule has 3 aromatic rings. The van der Waals surface area contributed by atoms with E-state index in [4.69, 9.17) is 15.3 Å². The number of phenols is 1. The highest BCUT2D eigenvalue weighted by atomic mass is 19.4. The molecule has 0 spiro atoms. The van der Waals surface area contributed by atoms with Gasteiger partial charge in [-0.2, -0.15) is 18.4 Å². The summed E-state index contributed by atoms with van der Waals surface area (Å²) in [5.41, 5.74) is 8.14. The van der Waals surface area contributed by atoms with E-state index in [-0.39, 0.29) is 17.5 Å². The number of halogens is 3. The summed E-state index contributed by atoms with van der Waals surface area (Å²) in [6, 6.07) is 14.1. The van der Waals surface area contributed by atoms with Gasteiger partial charge in [-0.3, -0.25) is 0 Å². The summed E-state index contributed by atoms with van der Waals surface area (Å²) < 4.78 is 44.5. The van der Waals surface area contributed by atoms with Crippen LogP contribution in [0.1, 0.15) is 50.6 Å². The number of rotatable bonds is 5. The topological polar surface area (TPSA) is 101 Å². The number of nitrogens with two attached hydrogens (primary N) is 1. The summed E-state index contributed by atoms with van der Waals surface area (Å²) in [5, 5.41) is 20.1. The third-order valence-electron chi connectivity index (χ3n) is 6.44. The van der Waals surface area contributed by atoms with Crippen LogP contribution in [0, 0.1) is 17.2 Å². The largest absolute Gasteiger partial charge is 0.508 e. The van der Waals surface area contributed by atoms with Gasteiger partial charge in [0.2, 0.25) is 0 Å². The molecule has 1 heterocycles. The predicted molar refractivity (Wildman–Crippen MR) is 132 cm³/mol. The number of benzene rings is 2. The van der Waals surface area contributed by atoms with E-state index in [0.717, 1.165) is 36.4 Å². The van der Waals surface area contributed by atoms with Crippen LogP contribution in [0.3, 0.4) is 0 Å². The molecular weight excluding hydrogens is 471 g/mol. The molecule has 3 N–H and O–H groups in total. The summed E-state index contributed by atoms with van der Waals surface area (Å²) >= 11 is 0. The van der Waals surface area contributed by atoms with E-state index in [0.29, 0.717) is 22.5 Å². The van der Waals surface area contributed by atoms with Gasteiger partial charge in [0, 0.05) is 23.5 Å². The van der Waals surface area contributed by atoms with Gasteiger partial charge < -0.3 is 24.9 Å². The van der Waals surface area contributed by atoms with Gasteiger partial charge in [-0.25, -0.2) is 0 Å². The smallest absolute Gasteiger partial charge is 0.422 e. The molecule has 1 atom stereocenters. The Balaban J connectivity index is 0.000000390. The number of ether oxygens (including phenoxy) is 1. The van der Waals surface area contributed by atoms with Crippen molar-refractivity contribution in [2.45, 2.75) is 57.3 Å². The van der Waals surface area contributed by atoms with Gasteiger partial charge in [0.15, 0.2) is 6.61 Å². The van der Waals surface area contributed by atoms with Crippen molar-refractivity contribution in [3.05, 3.63) is 48.0 Å². The van der Waals surface area contributed by atoms with Gasteiger partial charge in [-0.1, -0.05) is 0 Å². The molecule has 0 saturated heterocycles. The van der Waals surface area contributed by atoms with E-state index in [1.807, 2.05) is 11.4 Å². The normalized spacial score (nSPS) is 16.0. The van der Waals surface area contributed by atoms with Gasteiger partial charge >= 0.3 is 6.18 Å². The van der Waals surface area contributed by atoms with E-state index >= 15 is 0 Å². The average molecular weight is 502 g/mol. The zero-order valence-electron chi connectivity index (χ0n) is 20.1. The van der Waals surface area contributed by atoms with Crippen molar-refractivity contribution in [3.63, 3.8) is 0 Å². The lowest BCUT2D eigenvalue weighted by molar-refractivity contribution is -0.153. The summed E-state index contributed by atoms with van der Waals surface area (Å²) in [6.07, 6.45) is 1.27. The molecule has 0 aliphatic heterocycles. The molecule has 2 aliphatic rings. The number of hydrogen-bond acceptors (Lipinski definition) is 5. The molecule has 1 aromatic heterocycles. The Morgan fingerprint density at radius 1 is 1.17 bits per heavy atom. The Morgan fingerprint density at radius 3 is 2.25 bits per heavy atom. The first-order valence-electron chi connectivity index (χ1n) is 11.8. The number of aromatic nitrogens is 1.